The van der Waals surface area contributed by atoms with E-state index in [-0.39, 0.29) is 0 Å². The van der Waals surface area contributed by atoms with Crippen LogP contribution in [-0.2, 0) is 11.2 Å². The van der Waals surface area contributed by atoms with Gasteiger partial charge in [-0.2, -0.15) is 0 Å². The minimum Gasteiger partial charge on any atom is -0.478 e. The molecule has 1 rings (SSSR count). The molecule has 1 aromatic rings. The number of hydrogen-bond donors (Lipinski definition) is 1. The van der Waals surface area contributed by atoms with Crippen LogP contribution in [0.1, 0.15) is 11.4 Å². The van der Waals surface area contributed by atoms with Gasteiger partial charge in [-0.15, -0.1) is 0 Å². The summed E-state index contributed by atoms with van der Waals surface area (Å²) >= 11 is 0. The summed E-state index contributed by atoms with van der Waals surface area (Å²) in [7, 11) is 0. The number of aromatic nitrogens is 2. The van der Waals surface area contributed by atoms with Crippen molar-refractivity contribution < 1.29 is 9.90 Å². The van der Waals surface area contributed by atoms with E-state index in [1.807, 2.05) is 0 Å². The molecule has 0 aliphatic rings. The van der Waals surface area contributed by atoms with Crippen LogP contribution in [0, 0.1) is 6.92 Å². The normalized spacial score (nSPS) is 10.5. The van der Waals surface area contributed by atoms with Gasteiger partial charge in [-0.3, -0.25) is 0 Å². The lowest BCUT2D eigenvalue weighted by Crippen LogP contribution is -1.91. The molecule has 0 saturated heterocycles. The van der Waals surface area contributed by atoms with Gasteiger partial charge in [0.05, 0.1) is 0 Å². The van der Waals surface area contributed by atoms with Gasteiger partial charge in [-0.05, 0) is 18.9 Å². The van der Waals surface area contributed by atoms with Gasteiger partial charge in [0.2, 0.25) is 0 Å². The largest absolute Gasteiger partial charge is 0.478 e. The molecule has 4 heteroatoms. The van der Waals surface area contributed by atoms with Gasteiger partial charge < -0.3 is 5.11 Å². The number of carbonyl (C=O) groups is 1. The summed E-state index contributed by atoms with van der Waals surface area (Å²) in [6.07, 6.45) is 6.60. The Labute approximate surface area is 76.0 Å². The molecule has 0 spiro atoms. The van der Waals surface area contributed by atoms with Crippen molar-refractivity contribution in [2.75, 3.05) is 0 Å². The molecular formula is C9H10N2O2. The third-order valence-electron chi connectivity index (χ3n) is 1.45. The van der Waals surface area contributed by atoms with Crippen LogP contribution in [0.25, 0.3) is 0 Å². The van der Waals surface area contributed by atoms with Crippen LogP contribution in [0.2, 0.25) is 0 Å². The van der Waals surface area contributed by atoms with Crippen LogP contribution in [0.5, 0.6) is 0 Å². The molecule has 0 aliphatic carbocycles. The fourth-order valence-corrected chi connectivity index (χ4v) is 0.821. The highest BCUT2D eigenvalue weighted by Gasteiger charge is 1.91. The van der Waals surface area contributed by atoms with Crippen molar-refractivity contribution in [1.82, 2.24) is 9.97 Å². The molecule has 0 radical (unpaired) electrons. The van der Waals surface area contributed by atoms with Gasteiger partial charge >= 0.3 is 5.97 Å². The fraction of sp³-hybridized carbons (Fsp3) is 0.222. The third-order valence-corrected chi connectivity index (χ3v) is 1.45. The van der Waals surface area contributed by atoms with Crippen molar-refractivity contribution in [2.45, 2.75) is 13.3 Å². The predicted molar refractivity (Wildman–Crippen MR) is 47.2 cm³/mol. The zero-order valence-corrected chi connectivity index (χ0v) is 7.27. The molecular weight excluding hydrogens is 168 g/mol. The monoisotopic (exact) mass is 178 g/mol. The molecule has 0 amide bonds. The number of aryl methyl sites for hydroxylation is 1. The highest BCUT2D eigenvalue weighted by atomic mass is 16.4. The van der Waals surface area contributed by atoms with E-state index in [2.05, 4.69) is 9.97 Å². The van der Waals surface area contributed by atoms with Gasteiger partial charge in [0.15, 0.2) is 0 Å². The van der Waals surface area contributed by atoms with Gasteiger partial charge in [0, 0.05) is 18.5 Å². The average molecular weight is 178 g/mol. The number of nitrogens with zero attached hydrogens (tertiary/aromatic N) is 2. The maximum absolute atomic E-state index is 10.1. The van der Waals surface area contributed by atoms with E-state index in [1.54, 1.807) is 25.4 Å². The van der Waals surface area contributed by atoms with Crippen molar-refractivity contribution in [1.29, 1.82) is 0 Å². The van der Waals surface area contributed by atoms with Gasteiger partial charge in [0.25, 0.3) is 0 Å². The standard InChI is InChI=1S/C9H10N2O2/c1-7-10-5-8(6-11-7)3-2-4-9(12)13/h2,4-6H,3H2,1H3,(H,12,13). The van der Waals surface area contributed by atoms with Gasteiger partial charge in [-0.1, -0.05) is 6.08 Å². The zero-order valence-electron chi connectivity index (χ0n) is 7.27. The fourth-order valence-electron chi connectivity index (χ4n) is 0.821. The number of carboxylic acids is 1. The summed E-state index contributed by atoms with van der Waals surface area (Å²) in [4.78, 5) is 18.1. The average Bonchev–Trinajstić information content (AvgIpc) is 2.08. The Hall–Kier alpha value is -1.71. The summed E-state index contributed by atoms with van der Waals surface area (Å²) in [5, 5.41) is 8.32. The highest BCUT2D eigenvalue weighted by Crippen LogP contribution is 1.97. The second-order valence-electron chi connectivity index (χ2n) is 2.58. The quantitative estimate of drug-likeness (QED) is 0.700. The minimum absolute atomic E-state index is 0.548. The lowest BCUT2D eigenvalue weighted by Gasteiger charge is -1.94. The van der Waals surface area contributed by atoms with Crippen molar-refractivity contribution in [2.24, 2.45) is 0 Å². The van der Waals surface area contributed by atoms with Crippen LogP contribution >= 0.6 is 0 Å². The first-order valence-electron chi connectivity index (χ1n) is 3.85. The molecule has 0 aliphatic heterocycles. The van der Waals surface area contributed by atoms with Crippen LogP contribution < -0.4 is 0 Å². The second-order valence-corrected chi connectivity index (χ2v) is 2.58. The zero-order chi connectivity index (χ0) is 9.68. The first-order chi connectivity index (χ1) is 6.18. The van der Waals surface area contributed by atoms with E-state index in [0.29, 0.717) is 12.2 Å². The number of rotatable bonds is 3. The summed E-state index contributed by atoms with van der Waals surface area (Å²) in [6.45, 7) is 1.80. The Kier molecular flexibility index (Phi) is 3.14. The Bertz CT molecular complexity index is 317. The van der Waals surface area contributed by atoms with E-state index < -0.39 is 5.97 Å². The Morgan fingerprint density at radius 3 is 2.69 bits per heavy atom. The topological polar surface area (TPSA) is 63.1 Å². The number of hydrogen-bond acceptors (Lipinski definition) is 3. The van der Waals surface area contributed by atoms with Gasteiger partial charge in [-0.25, -0.2) is 14.8 Å². The molecule has 68 valence electrons. The van der Waals surface area contributed by atoms with E-state index in [1.165, 1.54) is 0 Å². The Balaban J connectivity index is 2.55. The first kappa shape index (κ1) is 9.38. The molecule has 1 N–H and O–H groups in total. The predicted octanol–water partition coefficient (Wildman–Crippen LogP) is 0.968. The second kappa shape index (κ2) is 4.35. The van der Waals surface area contributed by atoms with Crippen LogP contribution in [-0.4, -0.2) is 21.0 Å². The summed E-state index contributed by atoms with van der Waals surface area (Å²) in [6, 6.07) is 0. The van der Waals surface area contributed by atoms with Crippen LogP contribution in [0.3, 0.4) is 0 Å². The lowest BCUT2D eigenvalue weighted by atomic mass is 10.2. The molecule has 4 nitrogen and oxygen atoms in total. The molecule has 1 heterocycles. The van der Waals surface area contributed by atoms with Crippen LogP contribution in [0.15, 0.2) is 24.5 Å². The molecule has 0 bridgehead atoms. The summed E-state index contributed by atoms with van der Waals surface area (Å²) in [5.74, 6) is -0.223. The lowest BCUT2D eigenvalue weighted by molar-refractivity contribution is -0.131. The van der Waals surface area contributed by atoms with Crippen molar-refractivity contribution in [3.8, 4) is 0 Å². The third kappa shape index (κ3) is 3.46. The molecule has 1 aromatic heterocycles. The maximum atomic E-state index is 10.1. The van der Waals surface area contributed by atoms with Crippen LogP contribution in [0.4, 0.5) is 0 Å². The Morgan fingerprint density at radius 2 is 2.15 bits per heavy atom. The molecule has 0 aromatic carbocycles. The SMILES string of the molecule is Cc1ncc(CC=CC(=O)O)cn1. The van der Waals surface area contributed by atoms with Crippen molar-refractivity contribution >= 4 is 5.97 Å². The minimum atomic E-state index is -0.937. The summed E-state index contributed by atoms with van der Waals surface area (Å²) in [5.41, 5.74) is 0.906. The smallest absolute Gasteiger partial charge is 0.327 e. The van der Waals surface area contributed by atoms with Crippen molar-refractivity contribution in [3.05, 3.63) is 35.9 Å². The molecule has 0 unspecified atom stereocenters. The number of carboxylic acid groups (broad SMARTS) is 1. The van der Waals surface area contributed by atoms with E-state index in [4.69, 9.17) is 5.11 Å². The molecule has 0 atom stereocenters. The molecule has 13 heavy (non-hydrogen) atoms. The number of allylic oxidation sites excluding steroid dienone is 1. The first-order valence-corrected chi connectivity index (χ1v) is 3.85. The molecule has 0 fully saturated rings. The van der Waals surface area contributed by atoms with Crippen molar-refractivity contribution in [3.63, 3.8) is 0 Å². The van der Waals surface area contributed by atoms with E-state index >= 15 is 0 Å². The Morgan fingerprint density at radius 1 is 1.54 bits per heavy atom. The summed E-state index contributed by atoms with van der Waals surface area (Å²) < 4.78 is 0. The number of aliphatic carboxylic acids is 1. The van der Waals surface area contributed by atoms with E-state index in [9.17, 15) is 4.79 Å². The van der Waals surface area contributed by atoms with E-state index in [0.717, 1.165) is 11.6 Å². The van der Waals surface area contributed by atoms with Gasteiger partial charge in [0.1, 0.15) is 5.82 Å². The molecule has 0 saturated carbocycles. The highest BCUT2D eigenvalue weighted by molar-refractivity contribution is 5.79. The maximum Gasteiger partial charge on any atom is 0.327 e.